The smallest absolute Gasteiger partial charge is 0.246 e. The predicted octanol–water partition coefficient (Wildman–Crippen LogP) is 1.84. The second-order valence-electron chi connectivity index (χ2n) is 6.14. The van der Waals surface area contributed by atoms with Crippen molar-refractivity contribution in [2.24, 2.45) is 0 Å². The number of carbonyl (C=O) groups excluding carboxylic acids is 2. The maximum atomic E-state index is 12.8. The standard InChI is InChI=1S/C14H22N2O2S/c1-10-5-3-4-8-15(10)13(18)11-9-19-14(2)7-6-12(17)16(11)14/h10-11H,3-9H2,1-2H3. The Hall–Kier alpha value is -0.710. The largest absolute Gasteiger partial charge is 0.338 e. The van der Waals surface area contributed by atoms with Crippen molar-refractivity contribution in [1.29, 1.82) is 0 Å². The van der Waals surface area contributed by atoms with E-state index in [0.29, 0.717) is 12.5 Å². The fourth-order valence-corrected chi connectivity index (χ4v) is 5.04. The molecule has 0 aromatic carbocycles. The molecule has 3 aliphatic heterocycles. The Morgan fingerprint density at radius 3 is 2.95 bits per heavy atom. The summed E-state index contributed by atoms with van der Waals surface area (Å²) < 4.78 is 0. The molecule has 3 fully saturated rings. The molecule has 0 N–H and O–H groups in total. The third-order valence-corrected chi connectivity index (χ3v) is 6.32. The summed E-state index contributed by atoms with van der Waals surface area (Å²) in [6, 6.07) is 0.112. The minimum atomic E-state index is -0.217. The Bertz CT molecular complexity index is 414. The molecule has 3 atom stereocenters. The van der Waals surface area contributed by atoms with Gasteiger partial charge >= 0.3 is 0 Å². The van der Waals surface area contributed by atoms with Crippen molar-refractivity contribution in [3.63, 3.8) is 0 Å². The van der Waals surface area contributed by atoms with Crippen LogP contribution < -0.4 is 0 Å². The highest BCUT2D eigenvalue weighted by atomic mass is 32.2. The number of piperidine rings is 1. The maximum absolute atomic E-state index is 12.8. The van der Waals surface area contributed by atoms with Crippen molar-refractivity contribution in [1.82, 2.24) is 9.80 Å². The molecule has 3 saturated heterocycles. The van der Waals surface area contributed by atoms with Gasteiger partial charge in [-0.3, -0.25) is 9.59 Å². The number of likely N-dealkylation sites (tertiary alicyclic amines) is 1. The van der Waals surface area contributed by atoms with Gasteiger partial charge in [-0.1, -0.05) is 0 Å². The highest BCUT2D eigenvalue weighted by Crippen LogP contribution is 2.47. The fourth-order valence-electron chi connectivity index (χ4n) is 3.62. The number of fused-ring (bicyclic) bond motifs is 1. The van der Waals surface area contributed by atoms with Gasteiger partial charge in [0.1, 0.15) is 6.04 Å². The van der Waals surface area contributed by atoms with Crippen molar-refractivity contribution >= 4 is 23.6 Å². The van der Waals surface area contributed by atoms with Gasteiger partial charge in [0.05, 0.1) is 4.87 Å². The maximum Gasteiger partial charge on any atom is 0.246 e. The molecule has 0 bridgehead atoms. The molecule has 5 heteroatoms. The molecule has 19 heavy (non-hydrogen) atoms. The van der Waals surface area contributed by atoms with Gasteiger partial charge < -0.3 is 9.80 Å². The molecular weight excluding hydrogens is 260 g/mol. The highest BCUT2D eigenvalue weighted by Gasteiger charge is 2.53. The van der Waals surface area contributed by atoms with E-state index < -0.39 is 0 Å². The van der Waals surface area contributed by atoms with Crippen LogP contribution in [0.25, 0.3) is 0 Å². The molecule has 3 unspecified atom stereocenters. The lowest BCUT2D eigenvalue weighted by atomic mass is 10.0. The number of amides is 2. The van der Waals surface area contributed by atoms with Crippen LogP contribution in [0.3, 0.4) is 0 Å². The first kappa shape index (κ1) is 13.3. The van der Waals surface area contributed by atoms with Gasteiger partial charge in [0, 0.05) is 24.8 Å². The summed E-state index contributed by atoms with van der Waals surface area (Å²) in [4.78, 5) is 28.6. The number of carbonyl (C=O) groups is 2. The van der Waals surface area contributed by atoms with Crippen molar-refractivity contribution in [3.05, 3.63) is 0 Å². The molecule has 4 nitrogen and oxygen atoms in total. The lowest BCUT2D eigenvalue weighted by Crippen LogP contribution is -2.54. The van der Waals surface area contributed by atoms with Gasteiger partial charge in [-0.2, -0.15) is 0 Å². The van der Waals surface area contributed by atoms with Crippen LogP contribution in [-0.4, -0.2) is 50.9 Å². The molecule has 3 heterocycles. The second-order valence-corrected chi connectivity index (χ2v) is 7.64. The van der Waals surface area contributed by atoms with E-state index in [1.54, 1.807) is 11.8 Å². The first-order chi connectivity index (χ1) is 9.03. The van der Waals surface area contributed by atoms with Gasteiger partial charge in [-0.25, -0.2) is 0 Å². The molecule has 0 spiro atoms. The SMILES string of the molecule is CC1CCCCN1C(=O)C1CSC2(C)CCC(=O)N12. The predicted molar refractivity (Wildman–Crippen MR) is 75.8 cm³/mol. The first-order valence-corrected chi connectivity index (χ1v) is 8.28. The minimum Gasteiger partial charge on any atom is -0.338 e. The molecule has 3 rings (SSSR count). The normalized spacial score (nSPS) is 38.7. The van der Waals surface area contributed by atoms with Crippen LogP contribution >= 0.6 is 11.8 Å². The Morgan fingerprint density at radius 2 is 2.21 bits per heavy atom. The summed E-state index contributed by atoms with van der Waals surface area (Å²) in [5.41, 5.74) is 0. The van der Waals surface area contributed by atoms with Crippen LogP contribution in [0.5, 0.6) is 0 Å². The van der Waals surface area contributed by atoms with Crippen molar-refractivity contribution in [3.8, 4) is 0 Å². The molecule has 2 amide bonds. The van der Waals surface area contributed by atoms with Gasteiger partial charge in [0.15, 0.2) is 0 Å². The lowest BCUT2D eigenvalue weighted by Gasteiger charge is -2.38. The summed E-state index contributed by atoms with van der Waals surface area (Å²) in [7, 11) is 0. The molecule has 0 aliphatic carbocycles. The van der Waals surface area contributed by atoms with Crippen molar-refractivity contribution in [2.45, 2.75) is 62.9 Å². The monoisotopic (exact) mass is 282 g/mol. The third kappa shape index (κ3) is 2.06. The van der Waals surface area contributed by atoms with E-state index in [-0.39, 0.29) is 22.7 Å². The number of thioether (sulfide) groups is 1. The average molecular weight is 282 g/mol. The van der Waals surface area contributed by atoms with E-state index in [1.807, 2.05) is 9.80 Å². The third-order valence-electron chi connectivity index (χ3n) is 4.82. The summed E-state index contributed by atoms with van der Waals surface area (Å²) in [5, 5.41) is 0. The second kappa shape index (κ2) is 4.69. The van der Waals surface area contributed by atoms with Gasteiger partial charge in [-0.15, -0.1) is 11.8 Å². The van der Waals surface area contributed by atoms with Crippen LogP contribution in [0.2, 0.25) is 0 Å². The summed E-state index contributed by atoms with van der Waals surface area (Å²) >= 11 is 1.78. The molecule has 0 aromatic heterocycles. The van der Waals surface area contributed by atoms with Gasteiger partial charge in [-0.05, 0) is 39.5 Å². The Balaban J connectivity index is 1.79. The Kier molecular flexibility index (Phi) is 3.28. The lowest BCUT2D eigenvalue weighted by molar-refractivity contribution is -0.146. The summed E-state index contributed by atoms with van der Waals surface area (Å²) in [5.74, 6) is 1.11. The van der Waals surface area contributed by atoms with E-state index >= 15 is 0 Å². The zero-order chi connectivity index (χ0) is 13.6. The number of rotatable bonds is 1. The quantitative estimate of drug-likeness (QED) is 0.737. The van der Waals surface area contributed by atoms with E-state index in [4.69, 9.17) is 0 Å². The zero-order valence-corrected chi connectivity index (χ0v) is 12.5. The summed E-state index contributed by atoms with van der Waals surface area (Å²) in [6.45, 7) is 5.10. The van der Waals surface area contributed by atoms with Crippen LogP contribution in [0.4, 0.5) is 0 Å². The van der Waals surface area contributed by atoms with E-state index in [2.05, 4.69) is 13.8 Å². The summed E-state index contributed by atoms with van der Waals surface area (Å²) in [6.07, 6.45) is 4.89. The molecule has 0 aromatic rings. The highest BCUT2D eigenvalue weighted by molar-refractivity contribution is 8.01. The van der Waals surface area contributed by atoms with Crippen LogP contribution in [0, 0.1) is 0 Å². The van der Waals surface area contributed by atoms with Crippen LogP contribution in [-0.2, 0) is 9.59 Å². The molecule has 106 valence electrons. The zero-order valence-electron chi connectivity index (χ0n) is 11.7. The number of hydrogen-bond donors (Lipinski definition) is 0. The van der Waals surface area contributed by atoms with E-state index in [1.165, 1.54) is 6.42 Å². The Morgan fingerprint density at radius 1 is 1.42 bits per heavy atom. The van der Waals surface area contributed by atoms with Gasteiger partial charge in [0.2, 0.25) is 11.8 Å². The first-order valence-electron chi connectivity index (χ1n) is 7.29. The van der Waals surface area contributed by atoms with E-state index in [9.17, 15) is 9.59 Å². The van der Waals surface area contributed by atoms with Crippen LogP contribution in [0.1, 0.15) is 46.0 Å². The number of nitrogens with zero attached hydrogens (tertiary/aromatic N) is 2. The van der Waals surface area contributed by atoms with E-state index in [0.717, 1.165) is 31.6 Å². The minimum absolute atomic E-state index is 0.129. The molecule has 0 radical (unpaired) electrons. The topological polar surface area (TPSA) is 40.6 Å². The Labute approximate surface area is 118 Å². The van der Waals surface area contributed by atoms with Crippen LogP contribution in [0.15, 0.2) is 0 Å². The van der Waals surface area contributed by atoms with Crippen molar-refractivity contribution in [2.75, 3.05) is 12.3 Å². The fraction of sp³-hybridized carbons (Fsp3) is 0.857. The average Bonchev–Trinajstić information content (AvgIpc) is 2.87. The molecule has 3 aliphatic rings. The molecular formula is C14H22N2O2S. The molecule has 0 saturated carbocycles. The van der Waals surface area contributed by atoms with Gasteiger partial charge in [0.25, 0.3) is 0 Å². The number of hydrogen-bond acceptors (Lipinski definition) is 3. The van der Waals surface area contributed by atoms with Crippen molar-refractivity contribution < 1.29 is 9.59 Å².